The Hall–Kier alpha value is -2.32. The van der Waals surface area contributed by atoms with Crippen LogP contribution in [0.5, 0.6) is 5.75 Å². The monoisotopic (exact) mass is 277 g/mol. The molecule has 1 unspecified atom stereocenters. The van der Waals surface area contributed by atoms with Crippen molar-refractivity contribution in [1.29, 1.82) is 0 Å². The Bertz CT molecular complexity index is 750. The van der Waals surface area contributed by atoms with Crippen LogP contribution >= 0.6 is 0 Å². The molecule has 0 saturated heterocycles. The molecule has 1 atom stereocenters. The first-order valence-electron chi connectivity index (χ1n) is 7.10. The van der Waals surface area contributed by atoms with Crippen LogP contribution in [0.4, 0.5) is 0 Å². The minimum absolute atomic E-state index is 0.0378. The lowest BCUT2D eigenvalue weighted by Gasteiger charge is -2.26. The van der Waals surface area contributed by atoms with E-state index in [9.17, 15) is 5.11 Å². The van der Waals surface area contributed by atoms with Crippen molar-refractivity contribution >= 4 is 10.8 Å². The molecule has 106 valence electrons. The van der Waals surface area contributed by atoms with Gasteiger partial charge in [-0.2, -0.15) is 0 Å². The number of nitrogens with zero attached hydrogens (tertiary/aromatic N) is 1. The molecule has 0 aromatic heterocycles. The van der Waals surface area contributed by atoms with Gasteiger partial charge in [0.2, 0.25) is 0 Å². The van der Waals surface area contributed by atoms with Crippen molar-refractivity contribution in [3.8, 4) is 5.75 Å². The SMILES string of the molecule is CN(C)C(c1ccccc1)c1ccc2ccccc2c1O. The van der Waals surface area contributed by atoms with Gasteiger partial charge in [0, 0.05) is 10.9 Å². The van der Waals surface area contributed by atoms with E-state index < -0.39 is 0 Å². The standard InChI is InChI=1S/C19H19NO/c1-20(2)18(15-9-4-3-5-10-15)17-13-12-14-8-6-7-11-16(14)19(17)21/h3-13,18,21H,1-2H3. The van der Waals surface area contributed by atoms with Crippen LogP contribution in [-0.4, -0.2) is 24.1 Å². The highest BCUT2D eigenvalue weighted by atomic mass is 16.3. The summed E-state index contributed by atoms with van der Waals surface area (Å²) in [5, 5.41) is 12.7. The maximum atomic E-state index is 10.7. The highest BCUT2D eigenvalue weighted by Gasteiger charge is 2.20. The summed E-state index contributed by atoms with van der Waals surface area (Å²) in [5.74, 6) is 0.371. The molecule has 21 heavy (non-hydrogen) atoms. The van der Waals surface area contributed by atoms with Crippen LogP contribution in [0.1, 0.15) is 17.2 Å². The van der Waals surface area contributed by atoms with Crippen LogP contribution in [0, 0.1) is 0 Å². The Morgan fingerprint density at radius 3 is 2.19 bits per heavy atom. The first-order valence-corrected chi connectivity index (χ1v) is 7.10. The Balaban J connectivity index is 2.19. The number of benzene rings is 3. The number of hydrogen-bond acceptors (Lipinski definition) is 2. The maximum Gasteiger partial charge on any atom is 0.128 e. The first kappa shape index (κ1) is 13.7. The summed E-state index contributed by atoms with van der Waals surface area (Å²) in [6.07, 6.45) is 0. The normalized spacial score (nSPS) is 12.7. The van der Waals surface area contributed by atoms with E-state index in [1.54, 1.807) is 0 Å². The van der Waals surface area contributed by atoms with Gasteiger partial charge in [0.15, 0.2) is 0 Å². The van der Waals surface area contributed by atoms with Gasteiger partial charge in [0.25, 0.3) is 0 Å². The third kappa shape index (κ3) is 2.50. The van der Waals surface area contributed by atoms with E-state index in [0.717, 1.165) is 16.3 Å². The molecular weight excluding hydrogens is 258 g/mol. The molecule has 0 bridgehead atoms. The lowest BCUT2D eigenvalue weighted by molar-refractivity contribution is 0.332. The van der Waals surface area contributed by atoms with Gasteiger partial charge >= 0.3 is 0 Å². The highest BCUT2D eigenvalue weighted by molar-refractivity contribution is 5.89. The molecule has 0 spiro atoms. The molecule has 0 aliphatic rings. The largest absolute Gasteiger partial charge is 0.507 e. The lowest BCUT2D eigenvalue weighted by atomic mass is 9.94. The van der Waals surface area contributed by atoms with Crippen molar-refractivity contribution in [2.45, 2.75) is 6.04 Å². The zero-order chi connectivity index (χ0) is 14.8. The van der Waals surface area contributed by atoms with Gasteiger partial charge in [-0.15, -0.1) is 0 Å². The predicted molar refractivity (Wildman–Crippen MR) is 87.6 cm³/mol. The van der Waals surface area contributed by atoms with Crippen LogP contribution < -0.4 is 0 Å². The molecule has 0 aliphatic carbocycles. The van der Waals surface area contributed by atoms with Gasteiger partial charge in [-0.25, -0.2) is 0 Å². The average molecular weight is 277 g/mol. The summed E-state index contributed by atoms with van der Waals surface area (Å²) in [6.45, 7) is 0. The van der Waals surface area contributed by atoms with E-state index in [4.69, 9.17) is 0 Å². The Morgan fingerprint density at radius 1 is 0.810 bits per heavy atom. The van der Waals surface area contributed by atoms with Crippen LogP contribution in [0.3, 0.4) is 0 Å². The number of phenols is 1. The van der Waals surface area contributed by atoms with Crippen LogP contribution in [0.25, 0.3) is 10.8 Å². The summed E-state index contributed by atoms with van der Waals surface area (Å²) < 4.78 is 0. The van der Waals surface area contributed by atoms with Crippen molar-refractivity contribution in [2.75, 3.05) is 14.1 Å². The Morgan fingerprint density at radius 2 is 1.48 bits per heavy atom. The average Bonchev–Trinajstić information content (AvgIpc) is 2.51. The molecule has 0 amide bonds. The second-order valence-electron chi connectivity index (χ2n) is 5.50. The van der Waals surface area contributed by atoms with Crippen molar-refractivity contribution in [2.24, 2.45) is 0 Å². The molecule has 0 heterocycles. The second-order valence-corrected chi connectivity index (χ2v) is 5.50. The highest BCUT2D eigenvalue weighted by Crippen LogP contribution is 2.37. The summed E-state index contributed by atoms with van der Waals surface area (Å²) in [6, 6.07) is 22.3. The van der Waals surface area contributed by atoms with Crippen molar-refractivity contribution in [3.63, 3.8) is 0 Å². The minimum atomic E-state index is 0.0378. The van der Waals surface area contributed by atoms with Crippen molar-refractivity contribution < 1.29 is 5.11 Å². The zero-order valence-corrected chi connectivity index (χ0v) is 12.3. The number of aromatic hydroxyl groups is 1. The van der Waals surface area contributed by atoms with E-state index >= 15 is 0 Å². The summed E-state index contributed by atoms with van der Waals surface area (Å²) in [7, 11) is 4.07. The number of fused-ring (bicyclic) bond motifs is 1. The molecule has 3 aromatic rings. The van der Waals surface area contributed by atoms with E-state index in [2.05, 4.69) is 23.1 Å². The van der Waals surface area contributed by atoms with Crippen molar-refractivity contribution in [3.05, 3.63) is 77.9 Å². The second kappa shape index (κ2) is 5.58. The predicted octanol–water partition coefficient (Wildman–Crippen LogP) is 4.20. The topological polar surface area (TPSA) is 23.5 Å². The lowest BCUT2D eigenvalue weighted by Crippen LogP contribution is -2.21. The molecule has 3 aromatic carbocycles. The summed E-state index contributed by atoms with van der Waals surface area (Å²) in [4.78, 5) is 2.12. The third-order valence-electron chi connectivity index (χ3n) is 3.86. The minimum Gasteiger partial charge on any atom is -0.507 e. The molecular formula is C19H19NO. The molecule has 2 nitrogen and oxygen atoms in total. The van der Waals surface area contributed by atoms with E-state index in [1.165, 1.54) is 5.56 Å². The van der Waals surface area contributed by atoms with Crippen LogP contribution in [0.15, 0.2) is 66.7 Å². The quantitative estimate of drug-likeness (QED) is 0.775. The van der Waals surface area contributed by atoms with Gasteiger partial charge < -0.3 is 5.11 Å². The summed E-state index contributed by atoms with van der Waals surface area (Å²) in [5.41, 5.74) is 2.11. The van der Waals surface area contributed by atoms with Crippen LogP contribution in [-0.2, 0) is 0 Å². The Labute approximate surface area is 125 Å². The first-order chi connectivity index (χ1) is 10.2. The van der Waals surface area contributed by atoms with Gasteiger partial charge in [-0.05, 0) is 25.0 Å². The maximum absolute atomic E-state index is 10.7. The van der Waals surface area contributed by atoms with E-state index in [-0.39, 0.29) is 6.04 Å². The fourth-order valence-electron chi connectivity index (χ4n) is 2.88. The fraction of sp³-hybridized carbons (Fsp3) is 0.158. The van der Waals surface area contributed by atoms with E-state index in [0.29, 0.717) is 5.75 Å². The molecule has 2 heteroatoms. The molecule has 0 aliphatic heterocycles. The molecule has 0 saturated carbocycles. The number of hydrogen-bond donors (Lipinski definition) is 1. The third-order valence-corrected chi connectivity index (χ3v) is 3.86. The number of rotatable bonds is 3. The molecule has 3 rings (SSSR count). The van der Waals surface area contributed by atoms with Gasteiger partial charge in [0.05, 0.1) is 6.04 Å². The number of phenolic OH excluding ortho intramolecular Hbond substituents is 1. The van der Waals surface area contributed by atoms with Gasteiger partial charge in [0.1, 0.15) is 5.75 Å². The molecule has 0 radical (unpaired) electrons. The van der Waals surface area contributed by atoms with E-state index in [1.807, 2.05) is 62.6 Å². The van der Waals surface area contributed by atoms with Crippen molar-refractivity contribution in [1.82, 2.24) is 4.90 Å². The summed E-state index contributed by atoms with van der Waals surface area (Å²) >= 11 is 0. The van der Waals surface area contributed by atoms with Gasteiger partial charge in [-0.1, -0.05) is 66.7 Å². The smallest absolute Gasteiger partial charge is 0.128 e. The fourth-order valence-corrected chi connectivity index (χ4v) is 2.88. The van der Waals surface area contributed by atoms with Crippen LogP contribution in [0.2, 0.25) is 0 Å². The van der Waals surface area contributed by atoms with Gasteiger partial charge in [-0.3, -0.25) is 4.90 Å². The molecule has 1 N–H and O–H groups in total. The zero-order valence-electron chi connectivity index (χ0n) is 12.3. The molecule has 0 fully saturated rings. The Kier molecular flexibility index (Phi) is 3.63.